The minimum atomic E-state index is -0.348. The lowest BCUT2D eigenvalue weighted by Gasteiger charge is -2.36. The molecule has 1 heterocycles. The molecule has 1 aromatic rings. The lowest BCUT2D eigenvalue weighted by Crippen LogP contribution is -2.48. The van der Waals surface area contributed by atoms with Crippen LogP contribution in [0.15, 0.2) is 22.8 Å². The van der Waals surface area contributed by atoms with Crippen molar-refractivity contribution in [1.82, 2.24) is 0 Å². The number of aliphatic hydroxyl groups excluding tert-OH is 1. The van der Waals surface area contributed by atoms with E-state index in [0.717, 1.165) is 30.8 Å². The lowest BCUT2D eigenvalue weighted by molar-refractivity contribution is 0.159. The van der Waals surface area contributed by atoms with Crippen molar-refractivity contribution < 1.29 is 9.52 Å². The van der Waals surface area contributed by atoms with E-state index in [0.29, 0.717) is 5.25 Å². The molecule has 1 aliphatic rings. The first-order valence-corrected chi connectivity index (χ1v) is 6.80. The highest BCUT2D eigenvalue weighted by atomic mass is 32.2. The second-order valence-corrected chi connectivity index (χ2v) is 5.92. The molecule has 3 nitrogen and oxygen atoms in total. The van der Waals surface area contributed by atoms with E-state index in [1.165, 1.54) is 6.42 Å². The summed E-state index contributed by atoms with van der Waals surface area (Å²) in [6.45, 7) is 0.102. The van der Waals surface area contributed by atoms with Gasteiger partial charge in [-0.05, 0) is 31.4 Å². The predicted octanol–water partition coefficient (Wildman–Crippen LogP) is 2.15. The average molecular weight is 241 g/mol. The summed E-state index contributed by atoms with van der Waals surface area (Å²) in [6, 6.07) is 3.91. The van der Waals surface area contributed by atoms with E-state index >= 15 is 0 Å². The molecule has 16 heavy (non-hydrogen) atoms. The van der Waals surface area contributed by atoms with E-state index in [1.807, 2.05) is 23.9 Å². The smallest absolute Gasteiger partial charge is 0.113 e. The first-order valence-electron chi connectivity index (χ1n) is 5.76. The van der Waals surface area contributed by atoms with Crippen LogP contribution in [-0.4, -0.2) is 22.5 Å². The van der Waals surface area contributed by atoms with Gasteiger partial charge in [-0.15, -0.1) is 0 Å². The number of aliphatic hydroxyl groups is 1. The van der Waals surface area contributed by atoms with Crippen molar-refractivity contribution >= 4 is 11.8 Å². The molecular formula is C12H19NO2S. The van der Waals surface area contributed by atoms with E-state index in [9.17, 15) is 5.11 Å². The fourth-order valence-electron chi connectivity index (χ4n) is 2.22. The highest BCUT2D eigenvalue weighted by Crippen LogP contribution is 2.34. The Kier molecular flexibility index (Phi) is 3.95. The van der Waals surface area contributed by atoms with Crippen molar-refractivity contribution in [2.45, 2.75) is 42.2 Å². The third-order valence-electron chi connectivity index (χ3n) is 3.19. The van der Waals surface area contributed by atoms with Gasteiger partial charge >= 0.3 is 0 Å². The van der Waals surface area contributed by atoms with Gasteiger partial charge in [0.15, 0.2) is 0 Å². The van der Waals surface area contributed by atoms with Crippen molar-refractivity contribution in [3.8, 4) is 0 Å². The quantitative estimate of drug-likeness (QED) is 0.848. The molecule has 0 aromatic carbocycles. The van der Waals surface area contributed by atoms with Crippen LogP contribution in [0, 0.1) is 0 Å². The second kappa shape index (κ2) is 5.25. The van der Waals surface area contributed by atoms with Crippen LogP contribution in [0.5, 0.6) is 0 Å². The second-order valence-electron chi connectivity index (χ2n) is 4.63. The first-order chi connectivity index (χ1) is 7.72. The van der Waals surface area contributed by atoms with Crippen LogP contribution in [-0.2, 0) is 5.75 Å². The molecule has 0 saturated heterocycles. The van der Waals surface area contributed by atoms with Gasteiger partial charge < -0.3 is 15.3 Å². The fraction of sp³-hybridized carbons (Fsp3) is 0.667. The zero-order chi connectivity index (χ0) is 11.4. The zero-order valence-electron chi connectivity index (χ0n) is 9.39. The maximum absolute atomic E-state index is 9.27. The molecule has 1 saturated carbocycles. The van der Waals surface area contributed by atoms with Crippen LogP contribution in [0.1, 0.15) is 31.4 Å². The van der Waals surface area contributed by atoms with Gasteiger partial charge in [0.1, 0.15) is 5.76 Å². The van der Waals surface area contributed by atoms with Crippen LogP contribution in [0.25, 0.3) is 0 Å². The largest absolute Gasteiger partial charge is 0.468 e. The lowest BCUT2D eigenvalue weighted by atomic mass is 9.83. The molecule has 2 unspecified atom stereocenters. The van der Waals surface area contributed by atoms with Gasteiger partial charge in [0.05, 0.1) is 18.6 Å². The third-order valence-corrected chi connectivity index (χ3v) is 4.52. The van der Waals surface area contributed by atoms with Gasteiger partial charge in [0.2, 0.25) is 0 Å². The van der Waals surface area contributed by atoms with Crippen molar-refractivity contribution in [3.05, 3.63) is 24.2 Å². The van der Waals surface area contributed by atoms with Gasteiger partial charge in [0, 0.05) is 10.8 Å². The van der Waals surface area contributed by atoms with Crippen molar-refractivity contribution in [1.29, 1.82) is 0 Å². The Morgan fingerprint density at radius 2 is 2.50 bits per heavy atom. The average Bonchev–Trinajstić information content (AvgIpc) is 2.80. The highest BCUT2D eigenvalue weighted by Gasteiger charge is 2.32. The van der Waals surface area contributed by atoms with Gasteiger partial charge in [-0.3, -0.25) is 0 Å². The minimum Gasteiger partial charge on any atom is -0.468 e. The minimum absolute atomic E-state index is 0.102. The Labute approximate surface area is 100 Å². The van der Waals surface area contributed by atoms with Crippen LogP contribution in [0.3, 0.4) is 0 Å². The molecule has 3 N–H and O–H groups in total. The summed E-state index contributed by atoms with van der Waals surface area (Å²) in [4.78, 5) is 0. The SMILES string of the molecule is NC1(CO)CCCC(SCc2ccco2)C1. The topological polar surface area (TPSA) is 59.4 Å². The van der Waals surface area contributed by atoms with Gasteiger partial charge in [-0.25, -0.2) is 0 Å². The molecule has 0 radical (unpaired) electrons. The van der Waals surface area contributed by atoms with E-state index in [4.69, 9.17) is 10.2 Å². The first kappa shape index (κ1) is 12.0. The Morgan fingerprint density at radius 3 is 3.19 bits per heavy atom. The molecule has 0 aliphatic heterocycles. The van der Waals surface area contributed by atoms with E-state index in [2.05, 4.69) is 0 Å². The summed E-state index contributed by atoms with van der Waals surface area (Å²) in [5, 5.41) is 9.82. The third kappa shape index (κ3) is 3.03. The van der Waals surface area contributed by atoms with E-state index < -0.39 is 0 Å². The van der Waals surface area contributed by atoms with Crippen molar-refractivity contribution in [3.63, 3.8) is 0 Å². The molecule has 4 heteroatoms. The molecule has 2 rings (SSSR count). The van der Waals surface area contributed by atoms with E-state index in [1.54, 1.807) is 6.26 Å². The fourth-order valence-corrected chi connectivity index (χ4v) is 3.57. The molecule has 1 aliphatic carbocycles. The Balaban J connectivity index is 1.81. The molecule has 1 aromatic heterocycles. The molecule has 2 atom stereocenters. The molecule has 90 valence electrons. The summed E-state index contributed by atoms with van der Waals surface area (Å²) in [5.74, 6) is 1.92. The Bertz CT molecular complexity index is 315. The normalized spacial score (nSPS) is 30.5. The molecule has 0 amide bonds. The maximum Gasteiger partial charge on any atom is 0.113 e. The number of rotatable bonds is 4. The molecule has 0 bridgehead atoms. The van der Waals surface area contributed by atoms with Crippen LogP contribution in [0.4, 0.5) is 0 Å². The van der Waals surface area contributed by atoms with Crippen LogP contribution < -0.4 is 5.73 Å². The highest BCUT2D eigenvalue weighted by molar-refractivity contribution is 7.99. The number of thioether (sulfide) groups is 1. The van der Waals surface area contributed by atoms with E-state index in [-0.39, 0.29) is 12.1 Å². The van der Waals surface area contributed by atoms with Crippen LogP contribution in [0.2, 0.25) is 0 Å². The summed E-state index contributed by atoms with van der Waals surface area (Å²) in [7, 11) is 0. The summed E-state index contributed by atoms with van der Waals surface area (Å²) in [5.41, 5.74) is 5.76. The molecule has 1 fully saturated rings. The maximum atomic E-state index is 9.27. The summed E-state index contributed by atoms with van der Waals surface area (Å²) in [6.07, 6.45) is 5.88. The number of nitrogens with two attached hydrogens (primary N) is 1. The number of hydrogen-bond acceptors (Lipinski definition) is 4. The standard InChI is InChI=1S/C12H19NO2S/c13-12(9-14)5-1-4-11(7-12)16-8-10-3-2-6-15-10/h2-3,6,11,14H,1,4-5,7-9,13H2. The van der Waals surface area contributed by atoms with Gasteiger partial charge in [-0.2, -0.15) is 11.8 Å². The van der Waals surface area contributed by atoms with Crippen molar-refractivity contribution in [2.75, 3.05) is 6.61 Å². The van der Waals surface area contributed by atoms with Crippen molar-refractivity contribution in [2.24, 2.45) is 5.73 Å². The van der Waals surface area contributed by atoms with Crippen LogP contribution >= 0.6 is 11.8 Å². The monoisotopic (exact) mass is 241 g/mol. The number of hydrogen-bond donors (Lipinski definition) is 2. The Hall–Kier alpha value is -0.450. The zero-order valence-corrected chi connectivity index (χ0v) is 10.2. The van der Waals surface area contributed by atoms with Gasteiger partial charge in [-0.1, -0.05) is 6.42 Å². The van der Waals surface area contributed by atoms with Gasteiger partial charge in [0.25, 0.3) is 0 Å². The molecular weight excluding hydrogens is 222 g/mol. The molecule has 0 spiro atoms. The predicted molar refractivity (Wildman–Crippen MR) is 66.3 cm³/mol. The number of furan rings is 1. The summed E-state index contributed by atoms with van der Waals surface area (Å²) >= 11 is 1.89. The summed E-state index contributed by atoms with van der Waals surface area (Å²) < 4.78 is 5.30. The Morgan fingerprint density at radius 1 is 1.62 bits per heavy atom.